The van der Waals surface area contributed by atoms with E-state index in [4.69, 9.17) is 4.74 Å². The van der Waals surface area contributed by atoms with Crippen molar-refractivity contribution in [2.45, 2.75) is 38.8 Å². The molecule has 2 rings (SSSR count). The van der Waals surface area contributed by atoms with Crippen molar-refractivity contribution in [1.82, 2.24) is 4.98 Å². The SMILES string of the molecule is Cc1ccc2cc(C)c(SCC(=O)OC(C)C)nc2c1. The number of rotatable bonds is 4. The molecule has 0 radical (unpaired) electrons. The minimum atomic E-state index is -0.199. The minimum absolute atomic E-state index is 0.0728. The van der Waals surface area contributed by atoms with Crippen molar-refractivity contribution in [2.75, 3.05) is 5.75 Å². The summed E-state index contributed by atoms with van der Waals surface area (Å²) in [6.07, 6.45) is -0.0728. The van der Waals surface area contributed by atoms with Crippen molar-refractivity contribution in [2.24, 2.45) is 0 Å². The molecule has 106 valence electrons. The summed E-state index contributed by atoms with van der Waals surface area (Å²) in [6.45, 7) is 7.77. The van der Waals surface area contributed by atoms with Gasteiger partial charge in [-0.15, -0.1) is 0 Å². The van der Waals surface area contributed by atoms with Crippen molar-refractivity contribution in [1.29, 1.82) is 0 Å². The predicted molar refractivity (Wildman–Crippen MR) is 83.2 cm³/mol. The number of hydrogen-bond acceptors (Lipinski definition) is 4. The molecule has 0 spiro atoms. The van der Waals surface area contributed by atoms with Crippen LogP contribution in [0, 0.1) is 13.8 Å². The van der Waals surface area contributed by atoms with Crippen LogP contribution in [0.3, 0.4) is 0 Å². The Bertz CT molecular complexity index is 638. The fourth-order valence-corrected chi connectivity index (χ4v) is 2.71. The standard InChI is InChI=1S/C16H19NO2S/c1-10(2)19-15(18)9-20-16-12(4)8-13-6-5-11(3)7-14(13)17-16/h5-8,10H,9H2,1-4H3. The van der Waals surface area contributed by atoms with E-state index >= 15 is 0 Å². The van der Waals surface area contributed by atoms with Crippen LogP contribution < -0.4 is 0 Å². The molecule has 0 amide bonds. The molecule has 3 nitrogen and oxygen atoms in total. The van der Waals surface area contributed by atoms with Crippen LogP contribution in [0.5, 0.6) is 0 Å². The Labute approximate surface area is 123 Å². The monoisotopic (exact) mass is 289 g/mol. The van der Waals surface area contributed by atoms with E-state index in [0.717, 1.165) is 21.5 Å². The minimum Gasteiger partial charge on any atom is -0.462 e. The van der Waals surface area contributed by atoms with Gasteiger partial charge in [-0.2, -0.15) is 0 Å². The molecule has 0 saturated heterocycles. The molecule has 0 aliphatic heterocycles. The molecule has 1 aromatic carbocycles. The molecular formula is C16H19NO2S. The molecule has 2 aromatic rings. The van der Waals surface area contributed by atoms with Crippen LogP contribution in [0.15, 0.2) is 29.3 Å². The van der Waals surface area contributed by atoms with E-state index in [-0.39, 0.29) is 12.1 Å². The summed E-state index contributed by atoms with van der Waals surface area (Å²) >= 11 is 1.43. The molecule has 20 heavy (non-hydrogen) atoms. The normalized spacial score (nSPS) is 11.1. The van der Waals surface area contributed by atoms with Crippen molar-refractivity contribution in [3.63, 3.8) is 0 Å². The third kappa shape index (κ3) is 3.73. The molecule has 1 aromatic heterocycles. The Morgan fingerprint density at radius 3 is 2.75 bits per heavy atom. The van der Waals surface area contributed by atoms with Gasteiger partial charge in [0, 0.05) is 5.39 Å². The molecule has 0 fully saturated rings. The van der Waals surface area contributed by atoms with Gasteiger partial charge in [-0.25, -0.2) is 4.98 Å². The van der Waals surface area contributed by atoms with Crippen LogP contribution in [-0.4, -0.2) is 22.8 Å². The van der Waals surface area contributed by atoms with Crippen LogP contribution in [0.25, 0.3) is 10.9 Å². The zero-order chi connectivity index (χ0) is 14.7. The fraction of sp³-hybridized carbons (Fsp3) is 0.375. The van der Waals surface area contributed by atoms with E-state index in [2.05, 4.69) is 29.2 Å². The highest BCUT2D eigenvalue weighted by Crippen LogP contribution is 2.25. The summed E-state index contributed by atoms with van der Waals surface area (Å²) < 4.78 is 5.13. The van der Waals surface area contributed by atoms with E-state index in [1.54, 1.807) is 0 Å². The number of pyridine rings is 1. The second-order valence-electron chi connectivity index (χ2n) is 5.13. The Balaban J connectivity index is 2.17. The Kier molecular flexibility index (Phi) is 4.65. The number of ether oxygens (including phenoxy) is 1. The smallest absolute Gasteiger partial charge is 0.316 e. The van der Waals surface area contributed by atoms with Crippen LogP contribution in [0.2, 0.25) is 0 Å². The summed E-state index contributed by atoms with van der Waals surface area (Å²) in [4.78, 5) is 16.2. The lowest BCUT2D eigenvalue weighted by molar-refractivity contribution is -0.144. The van der Waals surface area contributed by atoms with Gasteiger partial charge < -0.3 is 4.74 Å². The highest BCUT2D eigenvalue weighted by atomic mass is 32.2. The molecule has 0 unspecified atom stereocenters. The molecule has 0 saturated carbocycles. The maximum atomic E-state index is 11.6. The van der Waals surface area contributed by atoms with Gasteiger partial charge in [-0.1, -0.05) is 23.9 Å². The number of esters is 1. The molecule has 0 atom stereocenters. The predicted octanol–water partition coefficient (Wildman–Crippen LogP) is 3.90. The lowest BCUT2D eigenvalue weighted by Crippen LogP contribution is -2.13. The van der Waals surface area contributed by atoms with Crippen LogP contribution in [0.4, 0.5) is 0 Å². The average Bonchev–Trinajstić information content (AvgIpc) is 2.36. The number of carbonyl (C=O) groups is 1. The number of nitrogens with zero attached hydrogens (tertiary/aromatic N) is 1. The Morgan fingerprint density at radius 2 is 2.05 bits per heavy atom. The Hall–Kier alpha value is -1.55. The van der Waals surface area contributed by atoms with E-state index in [0.29, 0.717) is 5.75 Å². The average molecular weight is 289 g/mol. The summed E-state index contributed by atoms with van der Waals surface area (Å²) in [5.41, 5.74) is 3.24. The van der Waals surface area contributed by atoms with Gasteiger partial charge in [0.05, 0.1) is 17.4 Å². The van der Waals surface area contributed by atoms with Gasteiger partial charge in [0.15, 0.2) is 0 Å². The Morgan fingerprint density at radius 1 is 1.30 bits per heavy atom. The maximum Gasteiger partial charge on any atom is 0.316 e. The van der Waals surface area contributed by atoms with Crippen LogP contribution in [0.1, 0.15) is 25.0 Å². The van der Waals surface area contributed by atoms with Gasteiger partial charge in [0.25, 0.3) is 0 Å². The highest BCUT2D eigenvalue weighted by molar-refractivity contribution is 7.99. The first-order chi connectivity index (χ1) is 9.45. The van der Waals surface area contributed by atoms with Crippen LogP contribution in [-0.2, 0) is 9.53 Å². The van der Waals surface area contributed by atoms with Crippen molar-refractivity contribution >= 4 is 28.6 Å². The molecule has 0 aliphatic rings. The molecular weight excluding hydrogens is 270 g/mol. The number of aromatic nitrogens is 1. The summed E-state index contributed by atoms with van der Waals surface area (Å²) in [6, 6.07) is 8.32. The van der Waals surface area contributed by atoms with Crippen LogP contribution >= 0.6 is 11.8 Å². The van der Waals surface area contributed by atoms with Crippen molar-refractivity contribution < 1.29 is 9.53 Å². The second kappa shape index (κ2) is 6.27. The molecule has 0 bridgehead atoms. The molecule has 0 aliphatic carbocycles. The molecule has 4 heteroatoms. The van der Waals surface area contributed by atoms with Gasteiger partial charge >= 0.3 is 5.97 Å². The number of aryl methyl sites for hydroxylation is 2. The number of thioether (sulfide) groups is 1. The first kappa shape index (κ1) is 14.9. The number of carbonyl (C=O) groups excluding carboxylic acids is 1. The van der Waals surface area contributed by atoms with Gasteiger partial charge in [0.1, 0.15) is 5.03 Å². The lowest BCUT2D eigenvalue weighted by atomic mass is 10.1. The second-order valence-corrected chi connectivity index (χ2v) is 6.10. The van der Waals surface area contributed by atoms with Crippen molar-refractivity contribution in [3.8, 4) is 0 Å². The maximum absolute atomic E-state index is 11.6. The molecule has 0 N–H and O–H groups in total. The zero-order valence-electron chi connectivity index (χ0n) is 12.3. The summed E-state index contributed by atoms with van der Waals surface area (Å²) in [5.74, 6) is 0.0964. The van der Waals surface area contributed by atoms with Gasteiger partial charge in [0.2, 0.25) is 0 Å². The third-order valence-electron chi connectivity index (χ3n) is 2.81. The van der Waals surface area contributed by atoms with E-state index in [9.17, 15) is 4.79 Å². The molecule has 1 heterocycles. The summed E-state index contributed by atoms with van der Waals surface area (Å²) in [7, 11) is 0. The van der Waals surface area contributed by atoms with E-state index in [1.807, 2.05) is 27.7 Å². The third-order valence-corrected chi connectivity index (χ3v) is 3.88. The zero-order valence-corrected chi connectivity index (χ0v) is 13.1. The quantitative estimate of drug-likeness (QED) is 0.632. The first-order valence-electron chi connectivity index (χ1n) is 6.66. The van der Waals surface area contributed by atoms with Gasteiger partial charge in [-0.05, 0) is 51.0 Å². The first-order valence-corrected chi connectivity index (χ1v) is 7.64. The summed E-state index contributed by atoms with van der Waals surface area (Å²) in [5, 5.41) is 2.02. The topological polar surface area (TPSA) is 39.2 Å². The van der Waals surface area contributed by atoms with Crippen molar-refractivity contribution in [3.05, 3.63) is 35.4 Å². The highest BCUT2D eigenvalue weighted by Gasteiger charge is 2.10. The number of fused-ring (bicyclic) bond motifs is 1. The lowest BCUT2D eigenvalue weighted by Gasteiger charge is -2.09. The number of benzene rings is 1. The van der Waals surface area contributed by atoms with Gasteiger partial charge in [-0.3, -0.25) is 4.79 Å². The van der Waals surface area contributed by atoms with E-state index < -0.39 is 0 Å². The van der Waals surface area contributed by atoms with E-state index in [1.165, 1.54) is 17.3 Å². The fourth-order valence-electron chi connectivity index (χ4n) is 1.94. The number of hydrogen-bond donors (Lipinski definition) is 0. The largest absolute Gasteiger partial charge is 0.462 e.